The van der Waals surface area contributed by atoms with E-state index in [0.717, 1.165) is 62.2 Å². The van der Waals surface area contributed by atoms with Crippen LogP contribution in [0.1, 0.15) is 44.3 Å². The molecule has 0 aromatic heterocycles. The van der Waals surface area contributed by atoms with Crippen molar-refractivity contribution in [2.45, 2.75) is 13.3 Å². The Morgan fingerprint density at radius 2 is 1.13 bits per heavy atom. The van der Waals surface area contributed by atoms with E-state index in [1.807, 2.05) is 30.3 Å². The largest absolute Gasteiger partial charge is 0.310 e. The number of allylic oxidation sites excluding steroid dienone is 2. The van der Waals surface area contributed by atoms with Crippen molar-refractivity contribution < 1.29 is 18.4 Å². The van der Waals surface area contributed by atoms with Crippen LogP contribution in [0, 0.1) is 11.6 Å². The third kappa shape index (κ3) is 3.96. The molecule has 47 heavy (non-hydrogen) atoms. The summed E-state index contributed by atoms with van der Waals surface area (Å²) in [7, 11) is 0. The van der Waals surface area contributed by atoms with Gasteiger partial charge in [-0.2, -0.15) is 0 Å². The molecule has 0 N–H and O–H groups in total. The zero-order valence-corrected chi connectivity index (χ0v) is 25.3. The Bertz CT molecular complexity index is 2520. The minimum atomic E-state index is -1.15. The number of carbonyl (C=O) groups is 2. The maximum Gasteiger partial charge on any atom is 0.198 e. The van der Waals surface area contributed by atoms with Crippen molar-refractivity contribution in [3.05, 3.63) is 166 Å². The Morgan fingerprint density at radius 3 is 1.83 bits per heavy atom. The molecule has 0 atom stereocenters. The van der Waals surface area contributed by atoms with E-state index in [4.69, 9.17) is 0 Å². The van der Waals surface area contributed by atoms with Gasteiger partial charge in [-0.05, 0) is 110 Å². The summed E-state index contributed by atoms with van der Waals surface area (Å²) >= 11 is 0. The molecule has 0 fully saturated rings. The predicted molar refractivity (Wildman–Crippen MR) is 184 cm³/mol. The molecule has 0 radical (unpaired) electrons. The number of fused-ring (bicyclic) bond motifs is 9. The summed E-state index contributed by atoms with van der Waals surface area (Å²) in [6.45, 7) is 1.72. The van der Waals surface area contributed by atoms with Gasteiger partial charge >= 0.3 is 0 Å². The Labute approximate surface area is 269 Å². The Balaban J connectivity index is 1.27. The van der Waals surface area contributed by atoms with Crippen molar-refractivity contribution in [1.29, 1.82) is 0 Å². The molecule has 7 aromatic carbocycles. The number of ketones is 2. The van der Waals surface area contributed by atoms with Crippen molar-refractivity contribution in [1.82, 2.24) is 0 Å². The number of rotatable bonds is 2. The minimum absolute atomic E-state index is 0.0526. The molecule has 0 amide bonds. The SMILES string of the molecule is CC(=C1C(=O)c2cc(F)c(F)cc2C1=O)c1ccc2c(c1)c1ccccc1c1cc3c(cc21)Cc1ccccc1N3c1ccccc1. The maximum absolute atomic E-state index is 14.0. The van der Waals surface area contributed by atoms with Crippen molar-refractivity contribution in [2.24, 2.45) is 0 Å². The lowest BCUT2D eigenvalue weighted by Gasteiger charge is -2.34. The van der Waals surface area contributed by atoms with Gasteiger partial charge in [0, 0.05) is 28.9 Å². The van der Waals surface area contributed by atoms with Gasteiger partial charge in [0.25, 0.3) is 0 Å². The average Bonchev–Trinajstić information content (AvgIpc) is 3.34. The molecule has 7 aromatic rings. The van der Waals surface area contributed by atoms with Crippen LogP contribution in [0.15, 0.2) is 127 Å². The number of benzene rings is 7. The van der Waals surface area contributed by atoms with Crippen LogP contribution in [-0.4, -0.2) is 11.6 Å². The fourth-order valence-corrected chi connectivity index (χ4v) is 7.47. The lowest BCUT2D eigenvalue weighted by atomic mass is 9.87. The van der Waals surface area contributed by atoms with Gasteiger partial charge in [0.15, 0.2) is 23.2 Å². The topological polar surface area (TPSA) is 37.4 Å². The number of hydrogen-bond donors (Lipinski definition) is 0. The van der Waals surface area contributed by atoms with Gasteiger partial charge in [0.1, 0.15) is 0 Å². The summed E-state index contributed by atoms with van der Waals surface area (Å²) in [6.07, 6.45) is 0.800. The van der Waals surface area contributed by atoms with Gasteiger partial charge < -0.3 is 4.90 Å². The number of anilines is 3. The molecule has 1 aliphatic carbocycles. The summed E-state index contributed by atoms with van der Waals surface area (Å²) in [5.41, 5.74) is 6.82. The minimum Gasteiger partial charge on any atom is -0.310 e. The van der Waals surface area contributed by atoms with Gasteiger partial charge in [-0.1, -0.05) is 72.8 Å². The number of halogens is 2. The lowest BCUT2D eigenvalue weighted by Crippen LogP contribution is -2.18. The van der Waals surface area contributed by atoms with Crippen LogP contribution in [0.2, 0.25) is 0 Å². The quantitative estimate of drug-likeness (QED) is 0.111. The summed E-state index contributed by atoms with van der Waals surface area (Å²) < 4.78 is 28.0. The number of carbonyl (C=O) groups excluding carboxylic acids is 2. The smallest absolute Gasteiger partial charge is 0.198 e. The van der Waals surface area contributed by atoms with E-state index >= 15 is 0 Å². The van der Waals surface area contributed by atoms with E-state index in [2.05, 4.69) is 83.8 Å². The number of para-hydroxylation sites is 2. The summed E-state index contributed by atoms with van der Waals surface area (Å²) in [4.78, 5) is 29.0. The Morgan fingerprint density at radius 1 is 0.553 bits per heavy atom. The molecule has 3 nitrogen and oxygen atoms in total. The highest BCUT2D eigenvalue weighted by Gasteiger charge is 2.36. The second kappa shape index (κ2) is 10.0. The number of hydrogen-bond acceptors (Lipinski definition) is 3. The molecule has 0 saturated heterocycles. The predicted octanol–water partition coefficient (Wildman–Crippen LogP) is 10.7. The molecular formula is C42H25F2NO2. The van der Waals surface area contributed by atoms with E-state index in [0.29, 0.717) is 11.1 Å². The third-order valence-electron chi connectivity index (χ3n) is 9.72. The fraction of sp³-hybridized carbons (Fsp3) is 0.0476. The second-order valence-corrected chi connectivity index (χ2v) is 12.3. The van der Waals surface area contributed by atoms with Gasteiger partial charge in [0.05, 0.1) is 11.3 Å². The van der Waals surface area contributed by atoms with E-state index in [1.54, 1.807) is 6.92 Å². The molecule has 0 spiro atoms. The molecule has 1 aliphatic heterocycles. The highest BCUT2D eigenvalue weighted by Crippen LogP contribution is 2.47. The van der Waals surface area contributed by atoms with Crippen molar-refractivity contribution in [2.75, 3.05) is 4.90 Å². The van der Waals surface area contributed by atoms with Crippen molar-refractivity contribution in [3.8, 4) is 0 Å². The standard InChI is InChI=1S/C42H25F2NO2/c1-23(40-41(46)34-20-36(43)37(44)21-35(34)42(40)47)24-15-16-30-31(18-24)28-12-6-7-13-29(28)33-22-39-26(19-32(30)33)17-25-9-5-8-14-38(25)45(39)27-10-3-2-4-11-27/h2-16,18-22H,17H2,1H3. The maximum atomic E-state index is 14.0. The van der Waals surface area contributed by atoms with Gasteiger partial charge in [-0.15, -0.1) is 0 Å². The highest BCUT2D eigenvalue weighted by molar-refractivity contribution is 6.42. The lowest BCUT2D eigenvalue weighted by molar-refractivity contribution is 0.0989. The van der Waals surface area contributed by atoms with Gasteiger partial charge in [-0.25, -0.2) is 8.78 Å². The van der Waals surface area contributed by atoms with Crippen LogP contribution in [0.5, 0.6) is 0 Å². The summed E-state index contributed by atoms with van der Waals surface area (Å²) in [5, 5.41) is 6.45. The van der Waals surface area contributed by atoms with Crippen LogP contribution in [0.25, 0.3) is 37.9 Å². The van der Waals surface area contributed by atoms with Gasteiger partial charge in [0.2, 0.25) is 0 Å². The molecule has 9 rings (SSSR count). The molecule has 1 heterocycles. The molecule has 5 heteroatoms. The molecule has 0 unspecified atom stereocenters. The van der Waals surface area contributed by atoms with Crippen LogP contribution < -0.4 is 4.90 Å². The third-order valence-corrected chi connectivity index (χ3v) is 9.72. The van der Waals surface area contributed by atoms with E-state index in [9.17, 15) is 18.4 Å². The average molecular weight is 614 g/mol. The first-order valence-electron chi connectivity index (χ1n) is 15.5. The molecule has 0 bridgehead atoms. The van der Waals surface area contributed by atoms with Crippen LogP contribution in [0.4, 0.5) is 25.8 Å². The normalized spacial score (nSPS) is 13.8. The molecule has 0 saturated carbocycles. The van der Waals surface area contributed by atoms with E-state index in [-0.39, 0.29) is 16.7 Å². The van der Waals surface area contributed by atoms with Gasteiger partial charge in [-0.3, -0.25) is 9.59 Å². The molecule has 2 aliphatic rings. The highest BCUT2D eigenvalue weighted by atomic mass is 19.2. The second-order valence-electron chi connectivity index (χ2n) is 12.3. The summed E-state index contributed by atoms with van der Waals surface area (Å²) in [5.74, 6) is -3.46. The number of Topliss-reactive ketones (excluding diaryl/α,β-unsaturated/α-hetero) is 2. The number of nitrogens with zero attached hydrogens (tertiary/aromatic N) is 1. The Hall–Kier alpha value is -5.94. The molecular weight excluding hydrogens is 588 g/mol. The van der Waals surface area contributed by atoms with Crippen LogP contribution in [0.3, 0.4) is 0 Å². The van der Waals surface area contributed by atoms with Crippen LogP contribution >= 0.6 is 0 Å². The van der Waals surface area contributed by atoms with E-state index in [1.165, 1.54) is 16.8 Å². The fourth-order valence-electron chi connectivity index (χ4n) is 7.47. The first kappa shape index (κ1) is 27.4. The first-order chi connectivity index (χ1) is 22.9. The van der Waals surface area contributed by atoms with Crippen molar-refractivity contribution >= 4 is 66.5 Å². The Kier molecular flexibility index (Phi) is 5.84. The molecule has 224 valence electrons. The van der Waals surface area contributed by atoms with Crippen molar-refractivity contribution in [3.63, 3.8) is 0 Å². The monoisotopic (exact) mass is 613 g/mol. The zero-order chi connectivity index (χ0) is 32.0. The summed E-state index contributed by atoms with van der Waals surface area (Å²) in [6, 6.07) is 39.5. The van der Waals surface area contributed by atoms with E-state index < -0.39 is 23.2 Å². The first-order valence-corrected chi connectivity index (χ1v) is 15.5. The zero-order valence-electron chi connectivity index (χ0n) is 25.3. The van der Waals surface area contributed by atoms with Crippen LogP contribution in [-0.2, 0) is 6.42 Å².